The molecule has 8 nitrogen and oxygen atoms in total. The summed E-state index contributed by atoms with van der Waals surface area (Å²) in [6.07, 6.45) is 4.00. The molecule has 146 valence electrons. The number of hydrogen-bond donors (Lipinski definition) is 2. The number of nitrogens with one attached hydrogen (secondary N) is 2. The quantitative estimate of drug-likeness (QED) is 0.603. The second-order valence-corrected chi connectivity index (χ2v) is 8.22. The van der Waals surface area contributed by atoms with E-state index in [9.17, 15) is 19.2 Å². The van der Waals surface area contributed by atoms with Crippen molar-refractivity contribution in [3.8, 4) is 0 Å². The number of hydrogen-bond acceptors (Lipinski definition) is 6. The molecule has 0 atom stereocenters. The zero-order valence-electron chi connectivity index (χ0n) is 15.6. The SMILES string of the molecule is COC(=O)c1c(NC(=O)CN2C(=O)NC3(CCCCC3)C2=O)sc(C)c1C. The number of methoxy groups -OCH3 is 1. The van der Waals surface area contributed by atoms with Crippen molar-refractivity contribution in [1.29, 1.82) is 0 Å². The van der Waals surface area contributed by atoms with E-state index in [0.717, 1.165) is 34.6 Å². The lowest BCUT2D eigenvalue weighted by atomic mass is 9.82. The van der Waals surface area contributed by atoms with Gasteiger partial charge in [-0.2, -0.15) is 0 Å². The van der Waals surface area contributed by atoms with Crippen molar-refractivity contribution in [1.82, 2.24) is 10.2 Å². The van der Waals surface area contributed by atoms with Crippen LogP contribution in [0.1, 0.15) is 52.9 Å². The van der Waals surface area contributed by atoms with E-state index in [4.69, 9.17) is 4.74 Å². The molecule has 2 N–H and O–H groups in total. The van der Waals surface area contributed by atoms with Gasteiger partial charge in [-0.15, -0.1) is 11.3 Å². The van der Waals surface area contributed by atoms with Gasteiger partial charge in [0.2, 0.25) is 5.91 Å². The zero-order valence-corrected chi connectivity index (χ0v) is 16.5. The Morgan fingerprint density at radius 1 is 1.22 bits per heavy atom. The highest BCUT2D eigenvalue weighted by atomic mass is 32.1. The Hall–Kier alpha value is -2.42. The van der Waals surface area contributed by atoms with Gasteiger partial charge in [0.25, 0.3) is 5.91 Å². The van der Waals surface area contributed by atoms with E-state index in [-0.39, 0.29) is 12.5 Å². The largest absolute Gasteiger partial charge is 0.465 e. The van der Waals surface area contributed by atoms with Gasteiger partial charge < -0.3 is 15.4 Å². The molecule has 2 fully saturated rings. The van der Waals surface area contributed by atoms with Crippen LogP contribution in [0, 0.1) is 13.8 Å². The van der Waals surface area contributed by atoms with Crippen LogP contribution in [-0.2, 0) is 14.3 Å². The number of imide groups is 1. The van der Waals surface area contributed by atoms with E-state index in [1.54, 1.807) is 6.92 Å². The van der Waals surface area contributed by atoms with Crippen LogP contribution in [0.5, 0.6) is 0 Å². The molecule has 0 radical (unpaired) electrons. The van der Waals surface area contributed by atoms with Gasteiger partial charge in [-0.25, -0.2) is 9.59 Å². The molecule has 27 heavy (non-hydrogen) atoms. The molecule has 9 heteroatoms. The minimum Gasteiger partial charge on any atom is -0.465 e. The molecular weight excluding hydrogens is 370 g/mol. The molecule has 0 bridgehead atoms. The molecule has 2 aliphatic rings. The van der Waals surface area contributed by atoms with Gasteiger partial charge in [0.05, 0.1) is 12.7 Å². The minimum atomic E-state index is -0.858. The highest BCUT2D eigenvalue weighted by molar-refractivity contribution is 7.16. The number of anilines is 1. The first-order chi connectivity index (χ1) is 12.8. The number of ether oxygens (including phenoxy) is 1. The summed E-state index contributed by atoms with van der Waals surface area (Å²) >= 11 is 1.26. The highest BCUT2D eigenvalue weighted by Gasteiger charge is 2.51. The van der Waals surface area contributed by atoms with Crippen LogP contribution < -0.4 is 10.6 Å². The van der Waals surface area contributed by atoms with E-state index < -0.39 is 23.4 Å². The fourth-order valence-corrected chi connectivity index (χ4v) is 4.75. The smallest absolute Gasteiger partial charge is 0.341 e. The Morgan fingerprint density at radius 3 is 2.52 bits per heavy atom. The number of thiophene rings is 1. The molecule has 1 spiro atoms. The summed E-state index contributed by atoms with van der Waals surface area (Å²) in [5.74, 6) is -1.41. The first kappa shape index (κ1) is 19.3. The van der Waals surface area contributed by atoms with Crippen LogP contribution >= 0.6 is 11.3 Å². The van der Waals surface area contributed by atoms with Gasteiger partial charge in [0.15, 0.2) is 0 Å². The molecule has 1 aliphatic heterocycles. The summed E-state index contributed by atoms with van der Waals surface area (Å²) in [5.41, 5.74) is 0.177. The summed E-state index contributed by atoms with van der Waals surface area (Å²) in [4.78, 5) is 51.3. The fourth-order valence-electron chi connectivity index (χ4n) is 3.69. The van der Waals surface area contributed by atoms with Gasteiger partial charge in [0.1, 0.15) is 17.1 Å². The lowest BCUT2D eigenvalue weighted by Crippen LogP contribution is -2.48. The third-order valence-electron chi connectivity index (χ3n) is 5.28. The summed E-state index contributed by atoms with van der Waals surface area (Å²) in [6.45, 7) is 3.23. The maximum absolute atomic E-state index is 12.8. The van der Waals surface area contributed by atoms with Crippen LogP contribution in [0.3, 0.4) is 0 Å². The lowest BCUT2D eigenvalue weighted by molar-refractivity contribution is -0.134. The number of urea groups is 1. The summed E-state index contributed by atoms with van der Waals surface area (Å²) in [5, 5.41) is 5.79. The van der Waals surface area contributed by atoms with Crippen molar-refractivity contribution < 1.29 is 23.9 Å². The lowest BCUT2D eigenvalue weighted by Gasteiger charge is -2.30. The van der Waals surface area contributed by atoms with E-state index in [0.29, 0.717) is 23.4 Å². The topological polar surface area (TPSA) is 105 Å². The molecule has 3 rings (SSSR count). The van der Waals surface area contributed by atoms with E-state index in [1.807, 2.05) is 6.92 Å². The Kier molecular flexibility index (Phi) is 5.23. The number of carbonyl (C=O) groups is 4. The van der Waals surface area contributed by atoms with Gasteiger partial charge in [0, 0.05) is 4.88 Å². The van der Waals surface area contributed by atoms with Gasteiger partial charge >= 0.3 is 12.0 Å². The Morgan fingerprint density at radius 2 is 1.89 bits per heavy atom. The Balaban J connectivity index is 1.73. The normalized spacial score (nSPS) is 18.6. The van der Waals surface area contributed by atoms with E-state index >= 15 is 0 Å². The van der Waals surface area contributed by atoms with Crippen molar-refractivity contribution in [2.75, 3.05) is 19.0 Å². The Bertz CT molecular complexity index is 810. The van der Waals surface area contributed by atoms with Crippen LogP contribution in [0.4, 0.5) is 9.80 Å². The average molecular weight is 393 g/mol. The second kappa shape index (κ2) is 7.30. The van der Waals surface area contributed by atoms with Crippen LogP contribution in [-0.4, -0.2) is 47.9 Å². The molecule has 1 saturated heterocycles. The highest BCUT2D eigenvalue weighted by Crippen LogP contribution is 2.35. The van der Waals surface area contributed by atoms with Gasteiger partial charge in [-0.05, 0) is 32.3 Å². The monoisotopic (exact) mass is 393 g/mol. The van der Waals surface area contributed by atoms with Crippen LogP contribution in [0.25, 0.3) is 0 Å². The number of esters is 1. The summed E-state index contributed by atoms with van der Waals surface area (Å²) in [7, 11) is 1.28. The number of carbonyl (C=O) groups excluding carboxylic acids is 4. The van der Waals surface area contributed by atoms with Crippen molar-refractivity contribution in [2.24, 2.45) is 0 Å². The minimum absolute atomic E-state index is 0.300. The number of nitrogens with zero attached hydrogens (tertiary/aromatic N) is 1. The first-order valence-electron chi connectivity index (χ1n) is 8.91. The number of rotatable bonds is 4. The summed E-state index contributed by atoms with van der Waals surface area (Å²) in [6, 6.07) is -0.538. The first-order valence-corrected chi connectivity index (χ1v) is 9.73. The van der Waals surface area contributed by atoms with Crippen molar-refractivity contribution in [3.05, 3.63) is 16.0 Å². The predicted molar refractivity (Wildman–Crippen MR) is 99.8 cm³/mol. The molecular formula is C18H23N3O5S. The van der Waals surface area contributed by atoms with E-state index in [2.05, 4.69) is 10.6 Å². The van der Waals surface area contributed by atoms with Crippen LogP contribution in [0.2, 0.25) is 0 Å². The maximum Gasteiger partial charge on any atom is 0.341 e. The third kappa shape index (κ3) is 3.43. The van der Waals surface area contributed by atoms with Crippen molar-refractivity contribution in [2.45, 2.75) is 51.5 Å². The molecule has 0 unspecified atom stereocenters. The maximum atomic E-state index is 12.8. The molecule has 0 aromatic carbocycles. The average Bonchev–Trinajstić information content (AvgIpc) is 3.03. The number of amides is 4. The van der Waals surface area contributed by atoms with Gasteiger partial charge in [-0.1, -0.05) is 19.3 Å². The Labute approximate surface area is 161 Å². The molecule has 4 amide bonds. The van der Waals surface area contributed by atoms with E-state index in [1.165, 1.54) is 18.4 Å². The standard InChI is InChI=1S/C18H23N3O5S/c1-10-11(2)27-14(13(10)15(23)26-3)19-12(22)9-21-16(24)18(20-17(21)25)7-5-4-6-8-18/h4-9H2,1-3H3,(H,19,22)(H,20,25). The molecule has 1 aromatic heterocycles. The predicted octanol–water partition coefficient (Wildman–Crippen LogP) is 2.34. The van der Waals surface area contributed by atoms with Crippen molar-refractivity contribution in [3.63, 3.8) is 0 Å². The van der Waals surface area contributed by atoms with Crippen molar-refractivity contribution >= 4 is 40.2 Å². The number of aryl methyl sites for hydroxylation is 1. The second-order valence-electron chi connectivity index (χ2n) is 6.99. The zero-order chi connectivity index (χ0) is 19.8. The fraction of sp³-hybridized carbons (Fsp3) is 0.556. The third-order valence-corrected chi connectivity index (χ3v) is 6.41. The van der Waals surface area contributed by atoms with Crippen LogP contribution in [0.15, 0.2) is 0 Å². The molecule has 1 saturated carbocycles. The molecule has 1 aromatic rings. The molecule has 2 heterocycles. The van der Waals surface area contributed by atoms with Gasteiger partial charge in [-0.3, -0.25) is 14.5 Å². The summed E-state index contributed by atoms with van der Waals surface area (Å²) < 4.78 is 4.78. The molecule has 1 aliphatic carbocycles.